The molecule has 1 aromatic heterocycles. The molecule has 0 aliphatic rings. The number of nitrogens with zero attached hydrogens (tertiary/aromatic N) is 2. The van der Waals surface area contributed by atoms with Gasteiger partial charge >= 0.3 is 0 Å². The Bertz CT molecular complexity index is 614. The van der Waals surface area contributed by atoms with E-state index in [1.165, 1.54) is 0 Å². The van der Waals surface area contributed by atoms with Crippen molar-refractivity contribution in [2.24, 2.45) is 0 Å². The summed E-state index contributed by atoms with van der Waals surface area (Å²) in [7, 11) is 1.55. The second kappa shape index (κ2) is 6.74. The number of aromatic nitrogens is 1. The maximum Gasteiger partial charge on any atom is 0.254 e. The molecule has 110 valence electrons. The summed E-state index contributed by atoms with van der Waals surface area (Å²) < 4.78 is 5.10. The van der Waals surface area contributed by atoms with Crippen molar-refractivity contribution in [2.45, 2.75) is 13.5 Å². The van der Waals surface area contributed by atoms with Crippen molar-refractivity contribution >= 4 is 11.6 Å². The molecule has 0 fully saturated rings. The molecule has 5 heteroatoms. The highest BCUT2D eigenvalue weighted by Gasteiger charge is 2.16. The smallest absolute Gasteiger partial charge is 0.254 e. The standard InChI is InChI=1S/C16H19N3O2/c1-3-19(11-13-6-4-5-9-18-13)16(20)12-7-8-15(21-2)14(17)10-12/h4-10H,3,11,17H2,1-2H3. The molecule has 0 unspecified atom stereocenters. The summed E-state index contributed by atoms with van der Waals surface area (Å²) in [4.78, 5) is 18.5. The fraction of sp³-hybridized carbons (Fsp3) is 0.250. The molecule has 0 aliphatic heterocycles. The second-order valence-electron chi connectivity index (χ2n) is 4.60. The molecular weight excluding hydrogens is 266 g/mol. The quantitative estimate of drug-likeness (QED) is 0.856. The largest absolute Gasteiger partial charge is 0.495 e. The van der Waals surface area contributed by atoms with Crippen molar-refractivity contribution in [3.05, 3.63) is 53.9 Å². The fourth-order valence-electron chi connectivity index (χ4n) is 2.06. The van der Waals surface area contributed by atoms with E-state index in [9.17, 15) is 4.79 Å². The topological polar surface area (TPSA) is 68.5 Å². The molecule has 1 amide bonds. The number of hydrogen-bond donors (Lipinski definition) is 1. The van der Waals surface area contributed by atoms with Gasteiger partial charge in [-0.25, -0.2) is 0 Å². The Morgan fingerprint density at radius 3 is 2.71 bits per heavy atom. The van der Waals surface area contributed by atoms with Gasteiger partial charge in [0.05, 0.1) is 25.0 Å². The normalized spacial score (nSPS) is 10.2. The number of carbonyl (C=O) groups excluding carboxylic acids is 1. The van der Waals surface area contributed by atoms with Crippen molar-refractivity contribution in [1.29, 1.82) is 0 Å². The number of nitrogen functional groups attached to an aromatic ring is 1. The number of benzene rings is 1. The van der Waals surface area contributed by atoms with E-state index in [0.29, 0.717) is 30.1 Å². The van der Waals surface area contributed by atoms with Gasteiger partial charge in [0.2, 0.25) is 0 Å². The van der Waals surface area contributed by atoms with Crippen molar-refractivity contribution in [3.63, 3.8) is 0 Å². The SMILES string of the molecule is CCN(Cc1ccccn1)C(=O)c1ccc(OC)c(N)c1. The van der Waals surface area contributed by atoms with Crippen LogP contribution in [-0.2, 0) is 6.54 Å². The Kier molecular flexibility index (Phi) is 4.77. The summed E-state index contributed by atoms with van der Waals surface area (Å²) >= 11 is 0. The molecule has 0 saturated carbocycles. The molecule has 5 nitrogen and oxygen atoms in total. The molecule has 2 rings (SSSR count). The van der Waals surface area contributed by atoms with E-state index in [0.717, 1.165) is 5.69 Å². The molecule has 2 N–H and O–H groups in total. The Balaban J connectivity index is 2.18. The first kappa shape index (κ1) is 14.8. The third-order valence-electron chi connectivity index (χ3n) is 3.22. The first-order chi connectivity index (χ1) is 10.2. The van der Waals surface area contributed by atoms with E-state index >= 15 is 0 Å². The minimum absolute atomic E-state index is 0.0718. The van der Waals surface area contributed by atoms with Crippen LogP contribution < -0.4 is 10.5 Å². The first-order valence-corrected chi connectivity index (χ1v) is 6.78. The van der Waals surface area contributed by atoms with E-state index in [1.54, 1.807) is 36.4 Å². The molecule has 0 saturated heterocycles. The van der Waals surface area contributed by atoms with Gasteiger partial charge in [0.15, 0.2) is 0 Å². The number of anilines is 1. The van der Waals surface area contributed by atoms with Crippen molar-refractivity contribution in [2.75, 3.05) is 19.4 Å². The van der Waals surface area contributed by atoms with Crippen LogP contribution in [0.5, 0.6) is 5.75 Å². The van der Waals surface area contributed by atoms with Gasteiger partial charge in [-0.15, -0.1) is 0 Å². The lowest BCUT2D eigenvalue weighted by Crippen LogP contribution is -2.30. The highest BCUT2D eigenvalue weighted by Crippen LogP contribution is 2.22. The van der Waals surface area contributed by atoms with Crippen LogP contribution in [0.3, 0.4) is 0 Å². The number of ether oxygens (including phenoxy) is 1. The average molecular weight is 285 g/mol. The van der Waals surface area contributed by atoms with Crippen molar-refractivity contribution < 1.29 is 9.53 Å². The van der Waals surface area contributed by atoms with Crippen LogP contribution in [0.2, 0.25) is 0 Å². The predicted octanol–water partition coefficient (Wildman–Crippen LogP) is 2.33. The Hall–Kier alpha value is -2.56. The lowest BCUT2D eigenvalue weighted by molar-refractivity contribution is 0.0750. The van der Waals surface area contributed by atoms with Gasteiger partial charge in [-0.2, -0.15) is 0 Å². The zero-order valence-electron chi connectivity index (χ0n) is 12.2. The summed E-state index contributed by atoms with van der Waals surface area (Å²) in [5, 5.41) is 0. The molecule has 2 aromatic rings. The van der Waals surface area contributed by atoms with Crippen LogP contribution in [-0.4, -0.2) is 29.4 Å². The number of rotatable bonds is 5. The minimum Gasteiger partial charge on any atom is -0.495 e. The molecule has 0 atom stereocenters. The van der Waals surface area contributed by atoms with Crippen molar-refractivity contribution in [1.82, 2.24) is 9.88 Å². The Morgan fingerprint density at radius 1 is 1.33 bits per heavy atom. The highest BCUT2D eigenvalue weighted by atomic mass is 16.5. The second-order valence-corrected chi connectivity index (χ2v) is 4.60. The van der Waals surface area contributed by atoms with Gasteiger partial charge in [-0.05, 0) is 37.3 Å². The third-order valence-corrected chi connectivity index (χ3v) is 3.22. The fourth-order valence-corrected chi connectivity index (χ4v) is 2.06. The average Bonchev–Trinajstić information content (AvgIpc) is 2.53. The molecule has 0 radical (unpaired) electrons. The van der Waals surface area contributed by atoms with Gasteiger partial charge in [-0.1, -0.05) is 6.07 Å². The van der Waals surface area contributed by atoms with Gasteiger partial charge in [0.25, 0.3) is 5.91 Å². The maximum atomic E-state index is 12.5. The van der Waals surface area contributed by atoms with E-state index in [4.69, 9.17) is 10.5 Å². The molecule has 0 spiro atoms. The van der Waals surface area contributed by atoms with Gasteiger partial charge in [0.1, 0.15) is 5.75 Å². The van der Waals surface area contributed by atoms with Crippen LogP contribution in [0.15, 0.2) is 42.6 Å². The summed E-state index contributed by atoms with van der Waals surface area (Å²) in [5.74, 6) is 0.497. The molecule has 0 bridgehead atoms. The van der Waals surface area contributed by atoms with Crippen LogP contribution in [0.1, 0.15) is 23.0 Å². The molecule has 21 heavy (non-hydrogen) atoms. The number of nitrogens with two attached hydrogens (primary N) is 1. The summed E-state index contributed by atoms with van der Waals surface area (Å²) in [5.41, 5.74) is 7.71. The lowest BCUT2D eigenvalue weighted by atomic mass is 10.1. The Labute approximate surface area is 124 Å². The van der Waals surface area contributed by atoms with E-state index in [-0.39, 0.29) is 5.91 Å². The zero-order chi connectivity index (χ0) is 15.2. The van der Waals surface area contributed by atoms with Gasteiger partial charge < -0.3 is 15.4 Å². The van der Waals surface area contributed by atoms with Crippen LogP contribution in [0, 0.1) is 0 Å². The van der Waals surface area contributed by atoms with Gasteiger partial charge in [0, 0.05) is 18.3 Å². The number of amides is 1. The van der Waals surface area contributed by atoms with E-state index in [1.807, 2.05) is 25.1 Å². The maximum absolute atomic E-state index is 12.5. The molecule has 0 aliphatic carbocycles. The van der Waals surface area contributed by atoms with Gasteiger partial charge in [-0.3, -0.25) is 9.78 Å². The monoisotopic (exact) mass is 285 g/mol. The Morgan fingerprint density at radius 2 is 2.14 bits per heavy atom. The number of methoxy groups -OCH3 is 1. The molecular formula is C16H19N3O2. The zero-order valence-corrected chi connectivity index (χ0v) is 12.2. The van der Waals surface area contributed by atoms with E-state index in [2.05, 4.69) is 4.98 Å². The van der Waals surface area contributed by atoms with Crippen LogP contribution >= 0.6 is 0 Å². The van der Waals surface area contributed by atoms with Crippen LogP contribution in [0.25, 0.3) is 0 Å². The number of hydrogen-bond acceptors (Lipinski definition) is 4. The summed E-state index contributed by atoms with van der Waals surface area (Å²) in [6, 6.07) is 10.7. The molecule has 1 heterocycles. The number of carbonyl (C=O) groups is 1. The summed E-state index contributed by atoms with van der Waals surface area (Å²) in [6.45, 7) is 3.01. The predicted molar refractivity (Wildman–Crippen MR) is 82.1 cm³/mol. The first-order valence-electron chi connectivity index (χ1n) is 6.78. The third kappa shape index (κ3) is 3.51. The summed E-state index contributed by atoms with van der Waals surface area (Å²) in [6.07, 6.45) is 1.72. The van der Waals surface area contributed by atoms with E-state index < -0.39 is 0 Å². The molecule has 1 aromatic carbocycles. The highest BCUT2D eigenvalue weighted by molar-refractivity contribution is 5.95. The lowest BCUT2D eigenvalue weighted by Gasteiger charge is -2.21. The van der Waals surface area contributed by atoms with Crippen LogP contribution in [0.4, 0.5) is 5.69 Å². The van der Waals surface area contributed by atoms with Crippen molar-refractivity contribution in [3.8, 4) is 5.75 Å². The minimum atomic E-state index is -0.0718. The number of pyridine rings is 1.